The quantitative estimate of drug-likeness (QED) is 0.642. The molecule has 0 saturated carbocycles. The van der Waals surface area contributed by atoms with E-state index in [1.54, 1.807) is 30.3 Å². The maximum absolute atomic E-state index is 12.1. The van der Waals surface area contributed by atoms with Crippen LogP contribution in [0.5, 0.6) is 17.2 Å². The molecular weight excluding hydrogens is 332 g/mol. The van der Waals surface area contributed by atoms with E-state index in [4.69, 9.17) is 21.1 Å². The van der Waals surface area contributed by atoms with Gasteiger partial charge in [-0.15, -0.1) is 0 Å². The average molecular weight is 349 g/mol. The molecule has 0 atom stereocenters. The number of carbonyl (C=O) groups excluding carboxylic acids is 1. The maximum Gasteiger partial charge on any atom is 0.272 e. The first kappa shape index (κ1) is 17.6. The van der Waals surface area contributed by atoms with Gasteiger partial charge in [0.2, 0.25) is 5.75 Å². The fourth-order valence-corrected chi connectivity index (χ4v) is 2.34. The predicted molar refractivity (Wildman–Crippen MR) is 92.5 cm³/mol. The molecule has 2 aromatic carbocycles. The third kappa shape index (κ3) is 3.97. The normalized spacial score (nSPS) is 10.7. The third-order valence-electron chi connectivity index (χ3n) is 3.25. The van der Waals surface area contributed by atoms with Crippen LogP contribution in [0.3, 0.4) is 0 Å². The van der Waals surface area contributed by atoms with E-state index in [0.29, 0.717) is 16.1 Å². The number of hydrogen-bond donors (Lipinski definition) is 2. The van der Waals surface area contributed by atoms with E-state index in [9.17, 15) is 9.90 Å². The lowest BCUT2D eigenvalue weighted by atomic mass is 10.1. The summed E-state index contributed by atoms with van der Waals surface area (Å²) in [6, 6.07) is 8.25. The lowest BCUT2D eigenvalue weighted by molar-refractivity contribution is 0.0955. The minimum atomic E-state index is -0.422. The molecule has 0 unspecified atom stereocenters. The fourth-order valence-electron chi connectivity index (χ4n) is 2.02. The second kappa shape index (κ2) is 7.70. The number of hydrazone groups is 1. The molecule has 0 heterocycles. The summed E-state index contributed by atoms with van der Waals surface area (Å²) >= 11 is 6.04. The number of halogens is 1. The van der Waals surface area contributed by atoms with Gasteiger partial charge in [-0.05, 0) is 36.8 Å². The van der Waals surface area contributed by atoms with Crippen LogP contribution in [0, 0.1) is 6.92 Å². The highest BCUT2D eigenvalue weighted by Crippen LogP contribution is 2.36. The van der Waals surface area contributed by atoms with Crippen LogP contribution in [0.15, 0.2) is 35.4 Å². The van der Waals surface area contributed by atoms with Gasteiger partial charge in [0.25, 0.3) is 5.91 Å². The number of hydrogen-bond acceptors (Lipinski definition) is 5. The van der Waals surface area contributed by atoms with Gasteiger partial charge < -0.3 is 14.6 Å². The Bertz CT molecular complexity index is 765. The van der Waals surface area contributed by atoms with Crippen molar-refractivity contribution in [1.29, 1.82) is 0 Å². The van der Waals surface area contributed by atoms with Crippen LogP contribution < -0.4 is 14.9 Å². The van der Waals surface area contributed by atoms with E-state index in [-0.39, 0.29) is 17.2 Å². The largest absolute Gasteiger partial charge is 0.502 e. The Labute approximate surface area is 144 Å². The molecule has 0 saturated heterocycles. The SMILES string of the molecule is COc1cc(/C=N/NC(=O)c2ccc(C)cc2Cl)cc(OC)c1O. The second-order valence-corrected chi connectivity index (χ2v) is 5.36. The van der Waals surface area contributed by atoms with Crippen molar-refractivity contribution < 1.29 is 19.4 Å². The minimum Gasteiger partial charge on any atom is -0.502 e. The van der Waals surface area contributed by atoms with E-state index in [2.05, 4.69) is 10.5 Å². The van der Waals surface area contributed by atoms with Gasteiger partial charge in [0.15, 0.2) is 11.5 Å². The topological polar surface area (TPSA) is 80.2 Å². The number of carbonyl (C=O) groups is 1. The lowest BCUT2D eigenvalue weighted by Gasteiger charge is -2.09. The van der Waals surface area contributed by atoms with Crippen molar-refractivity contribution in [1.82, 2.24) is 5.43 Å². The van der Waals surface area contributed by atoms with Crippen molar-refractivity contribution in [3.63, 3.8) is 0 Å². The number of nitrogens with zero attached hydrogens (tertiary/aromatic N) is 1. The van der Waals surface area contributed by atoms with Gasteiger partial charge >= 0.3 is 0 Å². The molecule has 7 heteroatoms. The highest BCUT2D eigenvalue weighted by atomic mass is 35.5. The summed E-state index contributed by atoms with van der Waals surface area (Å²) in [5.74, 6) is -0.0472. The van der Waals surface area contributed by atoms with Crippen molar-refractivity contribution in [3.8, 4) is 17.2 Å². The van der Waals surface area contributed by atoms with Crippen LogP contribution in [0.25, 0.3) is 0 Å². The number of nitrogens with one attached hydrogen (secondary N) is 1. The Morgan fingerprint density at radius 1 is 1.21 bits per heavy atom. The lowest BCUT2D eigenvalue weighted by Crippen LogP contribution is -2.18. The Morgan fingerprint density at radius 3 is 2.38 bits per heavy atom. The average Bonchev–Trinajstić information content (AvgIpc) is 2.55. The molecular formula is C17H17ClN2O4. The Kier molecular flexibility index (Phi) is 5.65. The third-order valence-corrected chi connectivity index (χ3v) is 3.56. The molecule has 2 rings (SSSR count). The number of aromatic hydroxyl groups is 1. The first-order valence-electron chi connectivity index (χ1n) is 7.00. The van der Waals surface area contributed by atoms with Crippen LogP contribution >= 0.6 is 11.6 Å². The van der Waals surface area contributed by atoms with E-state index >= 15 is 0 Å². The number of rotatable bonds is 5. The molecule has 0 radical (unpaired) electrons. The standard InChI is InChI=1S/C17H17ClN2O4/c1-10-4-5-12(13(18)6-10)17(22)20-19-9-11-7-14(23-2)16(21)15(8-11)24-3/h4-9,21H,1-3H3,(H,20,22)/b19-9+. The van der Waals surface area contributed by atoms with Crippen LogP contribution in [0.2, 0.25) is 5.02 Å². The predicted octanol–water partition coefficient (Wildman–Crippen LogP) is 3.14. The molecule has 2 N–H and O–H groups in total. The van der Waals surface area contributed by atoms with Gasteiger partial charge in [0.1, 0.15) is 0 Å². The molecule has 0 bridgehead atoms. The van der Waals surface area contributed by atoms with Crippen molar-refractivity contribution in [2.24, 2.45) is 5.10 Å². The zero-order valence-electron chi connectivity index (χ0n) is 13.5. The number of ether oxygens (including phenoxy) is 2. The van der Waals surface area contributed by atoms with Gasteiger partial charge in [-0.3, -0.25) is 4.79 Å². The summed E-state index contributed by atoms with van der Waals surface area (Å²) < 4.78 is 10.1. The van der Waals surface area contributed by atoms with Gasteiger partial charge in [0.05, 0.1) is 31.0 Å². The molecule has 6 nitrogen and oxygen atoms in total. The fraction of sp³-hybridized carbons (Fsp3) is 0.176. The number of amides is 1. The van der Waals surface area contributed by atoms with E-state index in [1.165, 1.54) is 20.4 Å². The molecule has 0 aromatic heterocycles. The number of methoxy groups -OCH3 is 2. The van der Waals surface area contributed by atoms with Crippen LogP contribution in [0.4, 0.5) is 0 Å². The van der Waals surface area contributed by atoms with Crippen LogP contribution in [-0.4, -0.2) is 31.4 Å². The monoisotopic (exact) mass is 348 g/mol. The van der Waals surface area contributed by atoms with Crippen molar-refractivity contribution in [3.05, 3.63) is 52.0 Å². The number of aryl methyl sites for hydroxylation is 1. The Morgan fingerprint density at radius 2 is 1.83 bits per heavy atom. The molecule has 126 valence electrons. The molecule has 24 heavy (non-hydrogen) atoms. The maximum atomic E-state index is 12.1. The van der Waals surface area contributed by atoms with Crippen molar-refractivity contribution in [2.45, 2.75) is 6.92 Å². The van der Waals surface area contributed by atoms with Gasteiger partial charge in [0, 0.05) is 5.56 Å². The zero-order chi connectivity index (χ0) is 17.7. The summed E-state index contributed by atoms with van der Waals surface area (Å²) in [5, 5.41) is 14.1. The Balaban J connectivity index is 2.15. The molecule has 0 aliphatic carbocycles. The first-order chi connectivity index (χ1) is 11.5. The smallest absolute Gasteiger partial charge is 0.272 e. The highest BCUT2D eigenvalue weighted by Gasteiger charge is 2.11. The van der Waals surface area contributed by atoms with E-state index in [1.807, 2.05) is 6.92 Å². The summed E-state index contributed by atoms with van der Waals surface area (Å²) in [6.07, 6.45) is 1.41. The number of phenolic OH excluding ortho intramolecular Hbond substituents is 1. The zero-order valence-corrected chi connectivity index (χ0v) is 14.2. The van der Waals surface area contributed by atoms with Gasteiger partial charge in [-0.1, -0.05) is 17.7 Å². The van der Waals surface area contributed by atoms with Crippen LogP contribution in [0.1, 0.15) is 21.5 Å². The summed E-state index contributed by atoms with van der Waals surface area (Å²) in [4.78, 5) is 12.1. The van der Waals surface area contributed by atoms with Crippen molar-refractivity contribution in [2.75, 3.05) is 14.2 Å². The highest BCUT2D eigenvalue weighted by molar-refractivity contribution is 6.33. The Hall–Kier alpha value is -2.73. The molecule has 0 fully saturated rings. The summed E-state index contributed by atoms with van der Waals surface area (Å²) in [6.45, 7) is 1.89. The molecule has 1 amide bonds. The first-order valence-corrected chi connectivity index (χ1v) is 7.38. The minimum absolute atomic E-state index is 0.104. The van der Waals surface area contributed by atoms with Crippen LogP contribution in [-0.2, 0) is 0 Å². The molecule has 0 aliphatic rings. The summed E-state index contributed by atoms with van der Waals surface area (Å²) in [7, 11) is 2.85. The second-order valence-electron chi connectivity index (χ2n) is 4.96. The molecule has 0 aliphatic heterocycles. The van der Waals surface area contributed by atoms with Gasteiger partial charge in [-0.25, -0.2) is 5.43 Å². The van der Waals surface area contributed by atoms with Gasteiger partial charge in [-0.2, -0.15) is 5.10 Å². The number of benzene rings is 2. The van der Waals surface area contributed by atoms with Crippen molar-refractivity contribution >= 4 is 23.7 Å². The molecule has 2 aromatic rings. The summed E-state index contributed by atoms with van der Waals surface area (Å²) in [5.41, 5.74) is 4.27. The van der Waals surface area contributed by atoms with E-state index in [0.717, 1.165) is 5.56 Å². The van der Waals surface area contributed by atoms with E-state index < -0.39 is 5.91 Å². The molecule has 0 spiro atoms. The number of phenols is 1.